The maximum absolute atomic E-state index is 11.2. The summed E-state index contributed by atoms with van der Waals surface area (Å²) in [7, 11) is 0. The Balaban J connectivity index is 3.71. The Morgan fingerprint density at radius 1 is 1.44 bits per heavy atom. The third-order valence-electron chi connectivity index (χ3n) is 2.00. The molecule has 0 aromatic carbocycles. The van der Waals surface area contributed by atoms with Gasteiger partial charge in [-0.3, -0.25) is 9.59 Å². The molecule has 0 saturated heterocycles. The van der Waals surface area contributed by atoms with Gasteiger partial charge in [0.05, 0.1) is 5.92 Å². The number of hydrogen-bond acceptors (Lipinski definition) is 3. The summed E-state index contributed by atoms with van der Waals surface area (Å²) < 4.78 is 4.89. The number of aliphatic carboxylic acids is 1. The lowest BCUT2D eigenvalue weighted by molar-refractivity contribution is -0.141. The van der Waals surface area contributed by atoms with Crippen molar-refractivity contribution in [3.8, 4) is 12.3 Å². The molecular formula is C12H16O4. The van der Waals surface area contributed by atoms with Crippen molar-refractivity contribution in [3.05, 3.63) is 12.3 Å². The maximum Gasteiger partial charge on any atom is 0.310 e. The number of carbonyl (C=O) groups excluding carboxylic acids is 1. The lowest BCUT2D eigenvalue weighted by Gasteiger charge is -2.09. The standard InChI is InChI=1S/C12H16O4/c1-4-9(2)10(3)16-12(15)8-6-5-7-11(13)14/h1,9H,3,5-8H2,2H3,(H,13,14). The van der Waals surface area contributed by atoms with Crippen LogP contribution in [0.1, 0.15) is 32.6 Å². The van der Waals surface area contributed by atoms with Crippen LogP contribution < -0.4 is 0 Å². The normalized spacial score (nSPS) is 11.2. The number of terminal acetylenes is 1. The van der Waals surface area contributed by atoms with Crippen LogP contribution in [0.25, 0.3) is 0 Å². The molecule has 0 radical (unpaired) electrons. The van der Waals surface area contributed by atoms with E-state index in [1.54, 1.807) is 6.92 Å². The molecular weight excluding hydrogens is 208 g/mol. The first-order chi connectivity index (χ1) is 7.47. The second kappa shape index (κ2) is 7.52. The summed E-state index contributed by atoms with van der Waals surface area (Å²) in [5, 5.41) is 8.38. The number of ether oxygens (including phenoxy) is 1. The smallest absolute Gasteiger partial charge is 0.310 e. The molecule has 88 valence electrons. The molecule has 4 heteroatoms. The van der Waals surface area contributed by atoms with Crippen molar-refractivity contribution in [1.82, 2.24) is 0 Å². The minimum Gasteiger partial charge on any atom is -0.481 e. The fourth-order valence-corrected chi connectivity index (χ4v) is 0.924. The molecule has 0 amide bonds. The van der Waals surface area contributed by atoms with E-state index in [2.05, 4.69) is 12.5 Å². The second-order valence-corrected chi connectivity index (χ2v) is 3.43. The Hall–Kier alpha value is -1.76. The third-order valence-corrected chi connectivity index (χ3v) is 2.00. The molecule has 0 spiro atoms. The van der Waals surface area contributed by atoms with Crippen molar-refractivity contribution in [2.45, 2.75) is 32.6 Å². The fourth-order valence-electron chi connectivity index (χ4n) is 0.924. The van der Waals surface area contributed by atoms with Gasteiger partial charge in [0.2, 0.25) is 0 Å². The Morgan fingerprint density at radius 3 is 2.50 bits per heavy atom. The van der Waals surface area contributed by atoms with Crippen LogP contribution in [0.3, 0.4) is 0 Å². The van der Waals surface area contributed by atoms with Crippen LogP contribution in [-0.4, -0.2) is 17.0 Å². The largest absolute Gasteiger partial charge is 0.481 e. The van der Waals surface area contributed by atoms with Crippen molar-refractivity contribution >= 4 is 11.9 Å². The van der Waals surface area contributed by atoms with Gasteiger partial charge >= 0.3 is 11.9 Å². The number of carboxylic acid groups (broad SMARTS) is 1. The predicted octanol–water partition coefficient (Wildman–Crippen LogP) is 1.96. The molecule has 0 aliphatic rings. The van der Waals surface area contributed by atoms with E-state index in [4.69, 9.17) is 16.3 Å². The highest BCUT2D eigenvalue weighted by Crippen LogP contribution is 2.10. The van der Waals surface area contributed by atoms with E-state index in [0.717, 1.165) is 0 Å². The number of esters is 1. The zero-order valence-electron chi connectivity index (χ0n) is 9.36. The summed E-state index contributed by atoms with van der Waals surface area (Å²) in [5.41, 5.74) is 0. The van der Waals surface area contributed by atoms with Gasteiger partial charge in [0, 0.05) is 12.8 Å². The molecule has 16 heavy (non-hydrogen) atoms. The molecule has 4 nitrogen and oxygen atoms in total. The van der Waals surface area contributed by atoms with Crippen LogP contribution in [0.4, 0.5) is 0 Å². The highest BCUT2D eigenvalue weighted by Gasteiger charge is 2.10. The summed E-state index contributed by atoms with van der Waals surface area (Å²) in [6, 6.07) is 0. The summed E-state index contributed by atoms with van der Waals surface area (Å²) in [6.07, 6.45) is 6.33. The van der Waals surface area contributed by atoms with E-state index in [9.17, 15) is 9.59 Å². The molecule has 0 aromatic heterocycles. The third kappa shape index (κ3) is 6.66. The van der Waals surface area contributed by atoms with Gasteiger partial charge in [-0.2, -0.15) is 0 Å². The van der Waals surface area contributed by atoms with Gasteiger partial charge in [-0.05, 0) is 19.8 Å². The maximum atomic E-state index is 11.2. The lowest BCUT2D eigenvalue weighted by atomic mass is 10.1. The molecule has 0 saturated carbocycles. The monoisotopic (exact) mass is 224 g/mol. The molecule has 0 heterocycles. The highest BCUT2D eigenvalue weighted by molar-refractivity contribution is 5.71. The zero-order valence-corrected chi connectivity index (χ0v) is 9.36. The molecule has 0 rings (SSSR count). The average Bonchev–Trinajstić information content (AvgIpc) is 2.22. The number of unbranched alkanes of at least 4 members (excludes halogenated alkanes) is 1. The van der Waals surface area contributed by atoms with Crippen LogP contribution in [0, 0.1) is 18.3 Å². The SMILES string of the molecule is C#CC(C)C(=C)OC(=O)CCCCC(=O)O. The van der Waals surface area contributed by atoms with Crippen LogP contribution in [-0.2, 0) is 14.3 Å². The average molecular weight is 224 g/mol. The number of carbonyl (C=O) groups is 2. The van der Waals surface area contributed by atoms with Gasteiger partial charge < -0.3 is 9.84 Å². The van der Waals surface area contributed by atoms with Gasteiger partial charge in [0.1, 0.15) is 5.76 Å². The fraction of sp³-hybridized carbons (Fsp3) is 0.500. The second-order valence-electron chi connectivity index (χ2n) is 3.43. The van der Waals surface area contributed by atoms with Crippen LogP contribution in [0.2, 0.25) is 0 Å². The van der Waals surface area contributed by atoms with Gasteiger partial charge in [0.15, 0.2) is 0 Å². The number of rotatable bonds is 7. The summed E-state index contributed by atoms with van der Waals surface area (Å²) in [5.74, 6) is 1.07. The molecule has 1 atom stereocenters. The first-order valence-corrected chi connectivity index (χ1v) is 5.04. The van der Waals surface area contributed by atoms with E-state index in [1.807, 2.05) is 0 Å². The summed E-state index contributed by atoms with van der Waals surface area (Å²) in [6.45, 7) is 5.25. The molecule has 1 unspecified atom stereocenters. The quantitative estimate of drug-likeness (QED) is 0.311. The minimum absolute atomic E-state index is 0.0645. The molecule has 0 aromatic rings. The zero-order chi connectivity index (χ0) is 12.6. The van der Waals surface area contributed by atoms with Crippen LogP contribution >= 0.6 is 0 Å². The van der Waals surface area contributed by atoms with Crippen LogP contribution in [0.15, 0.2) is 12.3 Å². The van der Waals surface area contributed by atoms with Gasteiger partial charge in [0.25, 0.3) is 0 Å². The minimum atomic E-state index is -0.862. The van der Waals surface area contributed by atoms with E-state index >= 15 is 0 Å². The number of allylic oxidation sites excluding steroid dienone is 1. The van der Waals surface area contributed by atoms with Crippen molar-refractivity contribution in [2.24, 2.45) is 5.92 Å². The van der Waals surface area contributed by atoms with E-state index in [-0.39, 0.29) is 24.5 Å². The van der Waals surface area contributed by atoms with Crippen molar-refractivity contribution < 1.29 is 19.4 Å². The molecule has 0 aliphatic heterocycles. The van der Waals surface area contributed by atoms with Crippen molar-refractivity contribution in [1.29, 1.82) is 0 Å². The first kappa shape index (κ1) is 14.2. The van der Waals surface area contributed by atoms with Gasteiger partial charge in [-0.25, -0.2) is 0 Å². The van der Waals surface area contributed by atoms with E-state index in [1.165, 1.54) is 0 Å². The Labute approximate surface area is 95.3 Å². The Bertz CT molecular complexity index is 311. The summed E-state index contributed by atoms with van der Waals surface area (Å²) >= 11 is 0. The van der Waals surface area contributed by atoms with Crippen LogP contribution in [0.5, 0.6) is 0 Å². The molecule has 1 N–H and O–H groups in total. The Kier molecular flexibility index (Phi) is 6.69. The lowest BCUT2D eigenvalue weighted by Crippen LogP contribution is -2.08. The number of carboxylic acids is 1. The summed E-state index contributed by atoms with van der Waals surface area (Å²) in [4.78, 5) is 21.4. The molecule has 0 aliphatic carbocycles. The predicted molar refractivity (Wildman–Crippen MR) is 59.3 cm³/mol. The highest BCUT2D eigenvalue weighted by atomic mass is 16.5. The Morgan fingerprint density at radius 2 is 2.00 bits per heavy atom. The van der Waals surface area contributed by atoms with Gasteiger partial charge in [-0.15, -0.1) is 6.42 Å². The first-order valence-electron chi connectivity index (χ1n) is 5.04. The molecule has 0 fully saturated rings. The topological polar surface area (TPSA) is 63.6 Å². The van der Waals surface area contributed by atoms with Gasteiger partial charge in [-0.1, -0.05) is 12.5 Å². The number of hydrogen-bond donors (Lipinski definition) is 1. The van der Waals surface area contributed by atoms with Crippen molar-refractivity contribution in [2.75, 3.05) is 0 Å². The van der Waals surface area contributed by atoms with E-state index < -0.39 is 11.9 Å². The van der Waals surface area contributed by atoms with Crippen molar-refractivity contribution in [3.63, 3.8) is 0 Å². The molecule has 0 bridgehead atoms. The van der Waals surface area contributed by atoms with E-state index in [0.29, 0.717) is 12.8 Å².